The van der Waals surface area contributed by atoms with Crippen molar-refractivity contribution < 1.29 is 18.0 Å². The number of benzene rings is 2. The molecule has 0 radical (unpaired) electrons. The van der Waals surface area contributed by atoms with Crippen LogP contribution in [0.1, 0.15) is 38.7 Å². The summed E-state index contributed by atoms with van der Waals surface area (Å²) in [5.74, 6) is -0.486. The molecule has 10 heteroatoms. The molecule has 0 fully saturated rings. The molecule has 186 valence electrons. The molecule has 0 aliphatic rings. The largest absolute Gasteiger partial charge is 0.355 e. The lowest BCUT2D eigenvalue weighted by Crippen LogP contribution is -2.49. The van der Waals surface area contributed by atoms with Gasteiger partial charge in [0.2, 0.25) is 21.8 Å². The molecule has 1 N–H and O–H groups in total. The number of nitrogens with zero attached hydrogens (tertiary/aromatic N) is 2. The van der Waals surface area contributed by atoms with Crippen molar-refractivity contribution >= 4 is 50.7 Å². The summed E-state index contributed by atoms with van der Waals surface area (Å²) in [5, 5.41) is 3.71. The molecule has 0 saturated carbocycles. The first kappa shape index (κ1) is 28.0. The molecule has 0 aliphatic heterocycles. The monoisotopic (exact) mass is 527 g/mol. The van der Waals surface area contributed by atoms with Gasteiger partial charge in [0.15, 0.2) is 0 Å². The van der Waals surface area contributed by atoms with Crippen LogP contribution in [0.3, 0.4) is 0 Å². The fraction of sp³-hybridized carbons (Fsp3) is 0.417. The Hall–Kier alpha value is -2.29. The predicted molar refractivity (Wildman–Crippen MR) is 138 cm³/mol. The van der Waals surface area contributed by atoms with E-state index in [4.69, 9.17) is 23.2 Å². The number of anilines is 1. The highest BCUT2D eigenvalue weighted by Gasteiger charge is 2.29. The summed E-state index contributed by atoms with van der Waals surface area (Å²) >= 11 is 12.3. The molecular weight excluding hydrogens is 497 g/mol. The lowest BCUT2D eigenvalue weighted by Gasteiger charge is -2.31. The summed E-state index contributed by atoms with van der Waals surface area (Å²) in [6.07, 6.45) is 1.87. The SMILES string of the molecule is CCNC(=O)[C@H](CC)N(Cc1ccccc1Cl)C(=O)CCCN(c1cccc(Cl)c1)S(C)(=O)=O. The van der Waals surface area contributed by atoms with Gasteiger partial charge < -0.3 is 10.2 Å². The van der Waals surface area contributed by atoms with Crippen molar-refractivity contribution in [2.24, 2.45) is 0 Å². The Kier molecular flexibility index (Phi) is 10.7. The minimum atomic E-state index is -3.58. The van der Waals surface area contributed by atoms with E-state index in [0.29, 0.717) is 28.7 Å². The average Bonchev–Trinajstić information content (AvgIpc) is 2.77. The van der Waals surface area contributed by atoms with Crippen LogP contribution in [0.4, 0.5) is 5.69 Å². The van der Waals surface area contributed by atoms with E-state index in [0.717, 1.165) is 11.8 Å². The van der Waals surface area contributed by atoms with Crippen molar-refractivity contribution in [1.29, 1.82) is 0 Å². The van der Waals surface area contributed by atoms with Crippen LogP contribution in [-0.4, -0.2) is 50.5 Å². The van der Waals surface area contributed by atoms with Crippen LogP contribution in [0, 0.1) is 0 Å². The number of hydrogen-bond acceptors (Lipinski definition) is 4. The van der Waals surface area contributed by atoms with E-state index in [-0.39, 0.29) is 37.7 Å². The van der Waals surface area contributed by atoms with Crippen molar-refractivity contribution in [3.63, 3.8) is 0 Å². The number of nitrogens with one attached hydrogen (secondary N) is 1. The van der Waals surface area contributed by atoms with Gasteiger partial charge in [-0.2, -0.15) is 0 Å². The number of hydrogen-bond donors (Lipinski definition) is 1. The summed E-state index contributed by atoms with van der Waals surface area (Å²) in [6.45, 7) is 4.39. The molecule has 0 saturated heterocycles. The van der Waals surface area contributed by atoms with Crippen LogP contribution in [-0.2, 0) is 26.2 Å². The zero-order chi connectivity index (χ0) is 25.3. The van der Waals surface area contributed by atoms with Gasteiger partial charge in [-0.15, -0.1) is 0 Å². The van der Waals surface area contributed by atoms with E-state index in [9.17, 15) is 18.0 Å². The van der Waals surface area contributed by atoms with Crippen molar-refractivity contribution in [3.8, 4) is 0 Å². The molecule has 0 heterocycles. The quantitative estimate of drug-likeness (QED) is 0.440. The molecule has 2 aromatic carbocycles. The van der Waals surface area contributed by atoms with E-state index in [1.807, 2.05) is 26.0 Å². The van der Waals surface area contributed by atoms with E-state index in [1.54, 1.807) is 36.4 Å². The fourth-order valence-corrected chi connectivity index (χ4v) is 4.99. The van der Waals surface area contributed by atoms with Gasteiger partial charge in [0, 0.05) is 36.1 Å². The first-order valence-electron chi connectivity index (χ1n) is 11.1. The van der Waals surface area contributed by atoms with Gasteiger partial charge in [-0.3, -0.25) is 13.9 Å². The molecule has 0 aliphatic carbocycles. The molecule has 0 unspecified atom stereocenters. The van der Waals surface area contributed by atoms with E-state index in [2.05, 4.69) is 5.32 Å². The fourth-order valence-electron chi connectivity index (χ4n) is 3.66. The Bertz CT molecular complexity index is 1100. The summed E-state index contributed by atoms with van der Waals surface area (Å²) in [7, 11) is -3.58. The first-order valence-corrected chi connectivity index (χ1v) is 13.7. The van der Waals surface area contributed by atoms with Crippen LogP contribution in [0.2, 0.25) is 10.0 Å². The maximum absolute atomic E-state index is 13.3. The summed E-state index contributed by atoms with van der Waals surface area (Å²) in [4.78, 5) is 27.5. The molecule has 7 nitrogen and oxygen atoms in total. The van der Waals surface area contributed by atoms with Gasteiger partial charge in [0.05, 0.1) is 11.9 Å². The van der Waals surface area contributed by atoms with Gasteiger partial charge >= 0.3 is 0 Å². The third kappa shape index (κ3) is 7.89. The second-order valence-corrected chi connectivity index (χ2v) is 10.6. The standard InChI is InChI=1S/C24H31Cl2N3O4S/c1-4-22(24(31)27-5-2)28(17-18-10-6-7-13-21(18)26)23(30)14-9-15-29(34(3,32)33)20-12-8-11-19(25)16-20/h6-8,10-13,16,22H,4-5,9,14-15,17H2,1-3H3,(H,27,31)/t22-/m0/s1. The summed E-state index contributed by atoms with van der Waals surface area (Å²) in [6, 6.07) is 13.1. The Labute approximate surface area is 212 Å². The number of carbonyl (C=O) groups excluding carboxylic acids is 2. The first-order chi connectivity index (χ1) is 16.1. The summed E-state index contributed by atoms with van der Waals surface area (Å²) in [5.41, 5.74) is 1.17. The van der Waals surface area contributed by atoms with Gasteiger partial charge in [0.25, 0.3) is 0 Å². The smallest absolute Gasteiger partial charge is 0.242 e. The molecule has 34 heavy (non-hydrogen) atoms. The molecule has 1 atom stereocenters. The van der Waals surface area contributed by atoms with Gasteiger partial charge in [-0.25, -0.2) is 8.42 Å². The molecule has 2 amide bonds. The maximum Gasteiger partial charge on any atom is 0.242 e. The topological polar surface area (TPSA) is 86.8 Å². The van der Waals surface area contributed by atoms with Gasteiger partial charge in [-0.05, 0) is 49.6 Å². The lowest BCUT2D eigenvalue weighted by atomic mass is 10.1. The van der Waals surface area contributed by atoms with Crippen molar-refractivity contribution in [2.75, 3.05) is 23.7 Å². The molecule has 0 spiro atoms. The third-order valence-electron chi connectivity index (χ3n) is 5.28. The minimum absolute atomic E-state index is 0.0624. The number of halogens is 2. The van der Waals surface area contributed by atoms with Crippen molar-refractivity contribution in [1.82, 2.24) is 10.2 Å². The van der Waals surface area contributed by atoms with Crippen molar-refractivity contribution in [3.05, 3.63) is 64.1 Å². The summed E-state index contributed by atoms with van der Waals surface area (Å²) < 4.78 is 26.0. The Morgan fingerprint density at radius 2 is 1.76 bits per heavy atom. The van der Waals surface area contributed by atoms with Crippen LogP contribution >= 0.6 is 23.2 Å². The van der Waals surface area contributed by atoms with Gasteiger partial charge in [0.1, 0.15) is 6.04 Å². The Morgan fingerprint density at radius 1 is 1.06 bits per heavy atom. The number of amides is 2. The molecule has 2 rings (SSSR count). The highest BCUT2D eigenvalue weighted by Crippen LogP contribution is 2.23. The van der Waals surface area contributed by atoms with Crippen LogP contribution in [0.5, 0.6) is 0 Å². The second kappa shape index (κ2) is 13.0. The normalized spacial score (nSPS) is 12.1. The number of rotatable bonds is 12. The van der Waals surface area contributed by atoms with E-state index < -0.39 is 16.1 Å². The lowest BCUT2D eigenvalue weighted by molar-refractivity contribution is -0.141. The molecule has 2 aromatic rings. The van der Waals surface area contributed by atoms with E-state index in [1.165, 1.54) is 9.21 Å². The minimum Gasteiger partial charge on any atom is -0.355 e. The number of carbonyl (C=O) groups is 2. The Balaban J connectivity index is 2.21. The van der Waals surface area contributed by atoms with Crippen LogP contribution in [0.15, 0.2) is 48.5 Å². The van der Waals surface area contributed by atoms with Crippen LogP contribution in [0.25, 0.3) is 0 Å². The highest BCUT2D eigenvalue weighted by molar-refractivity contribution is 7.92. The second-order valence-electron chi connectivity index (χ2n) is 7.85. The molecule has 0 bridgehead atoms. The highest BCUT2D eigenvalue weighted by atomic mass is 35.5. The maximum atomic E-state index is 13.3. The van der Waals surface area contributed by atoms with Crippen molar-refractivity contribution in [2.45, 2.75) is 45.7 Å². The molecular formula is C24H31Cl2N3O4S. The molecule has 0 aromatic heterocycles. The number of sulfonamides is 1. The average molecular weight is 529 g/mol. The van der Waals surface area contributed by atoms with Crippen LogP contribution < -0.4 is 9.62 Å². The zero-order valence-corrected chi connectivity index (χ0v) is 22.0. The van der Waals surface area contributed by atoms with E-state index >= 15 is 0 Å². The zero-order valence-electron chi connectivity index (χ0n) is 19.6. The Morgan fingerprint density at radius 3 is 2.35 bits per heavy atom. The number of likely N-dealkylation sites (N-methyl/N-ethyl adjacent to an activating group) is 1. The van der Waals surface area contributed by atoms with Gasteiger partial charge in [-0.1, -0.05) is 54.4 Å². The third-order valence-corrected chi connectivity index (χ3v) is 7.08. The predicted octanol–water partition coefficient (Wildman–Crippen LogP) is 4.48.